The van der Waals surface area contributed by atoms with Gasteiger partial charge in [0.25, 0.3) is 0 Å². The second kappa shape index (κ2) is 4.77. The van der Waals surface area contributed by atoms with Crippen molar-refractivity contribution in [3.8, 4) is 0 Å². The molecule has 4 nitrogen and oxygen atoms in total. The highest BCUT2D eigenvalue weighted by atomic mass is 19.4. The summed E-state index contributed by atoms with van der Waals surface area (Å²) in [7, 11) is 0. The number of amides is 1. The topological polar surface area (TPSA) is 57.6 Å². The molecule has 1 amide bonds. The third-order valence-corrected chi connectivity index (χ3v) is 3.06. The van der Waals surface area contributed by atoms with Crippen LogP contribution >= 0.6 is 0 Å². The molecule has 0 fully saturated rings. The smallest absolute Gasteiger partial charge is 0.471 e. The van der Waals surface area contributed by atoms with E-state index in [0.29, 0.717) is 10.5 Å². The van der Waals surface area contributed by atoms with Crippen molar-refractivity contribution < 1.29 is 32.3 Å². The number of halogens is 4. The van der Waals surface area contributed by atoms with Gasteiger partial charge in [0.2, 0.25) is 0 Å². The molecule has 108 valence electrons. The Labute approximate surface area is 110 Å². The number of nitrogens with zero attached hydrogens (tertiary/aromatic N) is 1. The number of benzene rings is 1. The van der Waals surface area contributed by atoms with Gasteiger partial charge >= 0.3 is 18.1 Å². The third-order valence-electron chi connectivity index (χ3n) is 3.06. The van der Waals surface area contributed by atoms with E-state index in [4.69, 9.17) is 5.11 Å². The van der Waals surface area contributed by atoms with Gasteiger partial charge in [-0.1, -0.05) is 0 Å². The van der Waals surface area contributed by atoms with Gasteiger partial charge in [-0.25, -0.2) is 9.18 Å². The summed E-state index contributed by atoms with van der Waals surface area (Å²) in [5.74, 6) is -4.43. The van der Waals surface area contributed by atoms with Crippen molar-refractivity contribution in [3.05, 3.63) is 34.6 Å². The van der Waals surface area contributed by atoms with Crippen LogP contribution in [-0.4, -0.2) is 34.6 Å². The maximum atomic E-state index is 13.4. The largest absolute Gasteiger partial charge is 0.478 e. The Morgan fingerprint density at radius 2 is 1.85 bits per heavy atom. The summed E-state index contributed by atoms with van der Waals surface area (Å²) in [5, 5.41) is 8.77. The SMILES string of the molecule is O=C(O)c1cc2c(cc1F)CCN(C(=O)C(F)(F)F)C2. The summed E-state index contributed by atoms with van der Waals surface area (Å²) in [6, 6.07) is 1.97. The summed E-state index contributed by atoms with van der Waals surface area (Å²) in [4.78, 5) is 22.5. The Hall–Kier alpha value is -2.12. The molecule has 0 bridgehead atoms. The molecule has 8 heteroatoms. The molecule has 1 N–H and O–H groups in total. The molecule has 1 heterocycles. The highest BCUT2D eigenvalue weighted by Crippen LogP contribution is 2.26. The fraction of sp³-hybridized carbons (Fsp3) is 0.333. The Morgan fingerprint density at radius 1 is 1.20 bits per heavy atom. The zero-order valence-corrected chi connectivity index (χ0v) is 10.00. The van der Waals surface area contributed by atoms with Crippen molar-refractivity contribution in [2.24, 2.45) is 0 Å². The zero-order chi connectivity index (χ0) is 15.1. The molecule has 0 atom stereocenters. The van der Waals surface area contributed by atoms with Gasteiger partial charge in [0.1, 0.15) is 5.82 Å². The van der Waals surface area contributed by atoms with Crippen LogP contribution < -0.4 is 0 Å². The van der Waals surface area contributed by atoms with Crippen LogP contribution in [0.4, 0.5) is 17.6 Å². The number of carboxylic acids is 1. The van der Waals surface area contributed by atoms with E-state index < -0.39 is 29.4 Å². The number of alkyl halides is 3. The van der Waals surface area contributed by atoms with Gasteiger partial charge in [0, 0.05) is 13.1 Å². The summed E-state index contributed by atoms with van der Waals surface area (Å²) in [5.41, 5.74) is 0.0106. The molecule has 0 aromatic heterocycles. The van der Waals surface area contributed by atoms with Crippen molar-refractivity contribution >= 4 is 11.9 Å². The minimum atomic E-state index is -4.98. The predicted octanol–water partition coefficient (Wildman–Crippen LogP) is 1.97. The summed E-state index contributed by atoms with van der Waals surface area (Å²) < 4.78 is 50.4. The van der Waals surface area contributed by atoms with E-state index in [0.717, 1.165) is 12.1 Å². The average molecular weight is 291 g/mol. The van der Waals surface area contributed by atoms with Crippen LogP contribution in [-0.2, 0) is 17.8 Å². The maximum absolute atomic E-state index is 13.4. The predicted molar refractivity (Wildman–Crippen MR) is 58.5 cm³/mol. The van der Waals surface area contributed by atoms with Crippen LogP contribution in [0.25, 0.3) is 0 Å². The molecule has 2 rings (SSSR count). The molecular formula is C12H9F4NO3. The number of carboxylic acid groups (broad SMARTS) is 1. The van der Waals surface area contributed by atoms with Gasteiger partial charge in [-0.2, -0.15) is 13.2 Å². The van der Waals surface area contributed by atoms with Crippen molar-refractivity contribution in [3.63, 3.8) is 0 Å². The quantitative estimate of drug-likeness (QED) is 0.805. The fourth-order valence-electron chi connectivity index (χ4n) is 2.10. The number of aromatic carboxylic acids is 1. The van der Waals surface area contributed by atoms with E-state index in [1.165, 1.54) is 0 Å². The average Bonchev–Trinajstić information content (AvgIpc) is 2.35. The van der Waals surface area contributed by atoms with E-state index in [9.17, 15) is 27.2 Å². The van der Waals surface area contributed by atoms with Gasteiger partial charge in [0.05, 0.1) is 5.56 Å². The molecular weight excluding hydrogens is 282 g/mol. The van der Waals surface area contributed by atoms with Crippen LogP contribution in [0.5, 0.6) is 0 Å². The van der Waals surface area contributed by atoms with Crippen LogP contribution in [0.15, 0.2) is 12.1 Å². The Balaban J connectivity index is 2.32. The minimum absolute atomic E-state index is 0.0496. The normalized spacial score (nSPS) is 14.9. The van der Waals surface area contributed by atoms with Crippen molar-refractivity contribution in [2.45, 2.75) is 19.1 Å². The number of hydrogen-bond donors (Lipinski definition) is 1. The van der Waals surface area contributed by atoms with Crippen LogP contribution in [0.3, 0.4) is 0 Å². The highest BCUT2D eigenvalue weighted by molar-refractivity contribution is 5.88. The molecule has 0 saturated carbocycles. The summed E-state index contributed by atoms with van der Waals surface area (Å²) >= 11 is 0. The van der Waals surface area contributed by atoms with Crippen molar-refractivity contribution in [1.29, 1.82) is 0 Å². The van der Waals surface area contributed by atoms with E-state index in [1.807, 2.05) is 0 Å². The first-order valence-electron chi connectivity index (χ1n) is 5.61. The van der Waals surface area contributed by atoms with Crippen molar-refractivity contribution in [2.75, 3.05) is 6.54 Å². The number of hydrogen-bond acceptors (Lipinski definition) is 2. The standard InChI is InChI=1S/C12H9F4NO3/c13-9-4-6-1-2-17(11(20)12(14,15)16)5-7(6)3-8(9)10(18)19/h3-4H,1-2,5H2,(H,18,19). The number of rotatable bonds is 1. The van der Waals surface area contributed by atoms with Crippen LogP contribution in [0.2, 0.25) is 0 Å². The van der Waals surface area contributed by atoms with Gasteiger partial charge in [-0.15, -0.1) is 0 Å². The number of carbonyl (C=O) groups is 2. The molecule has 0 unspecified atom stereocenters. The second-order valence-corrected chi connectivity index (χ2v) is 4.38. The molecule has 0 spiro atoms. The zero-order valence-electron chi connectivity index (χ0n) is 10.00. The first-order valence-corrected chi connectivity index (χ1v) is 5.61. The first kappa shape index (κ1) is 14.3. The molecule has 0 saturated heterocycles. The van der Waals surface area contributed by atoms with E-state index in [1.54, 1.807) is 0 Å². The minimum Gasteiger partial charge on any atom is -0.478 e. The van der Waals surface area contributed by atoms with E-state index in [-0.39, 0.29) is 25.1 Å². The maximum Gasteiger partial charge on any atom is 0.471 e. The fourth-order valence-corrected chi connectivity index (χ4v) is 2.10. The van der Waals surface area contributed by atoms with Gasteiger partial charge in [-0.3, -0.25) is 4.79 Å². The highest BCUT2D eigenvalue weighted by Gasteiger charge is 2.43. The first-order chi connectivity index (χ1) is 9.20. The molecule has 1 aromatic carbocycles. The van der Waals surface area contributed by atoms with Gasteiger partial charge in [-0.05, 0) is 29.7 Å². The lowest BCUT2D eigenvalue weighted by molar-refractivity contribution is -0.186. The summed E-state index contributed by atoms with van der Waals surface area (Å²) in [6.07, 6.45) is -4.93. The molecule has 0 radical (unpaired) electrons. The van der Waals surface area contributed by atoms with Crippen LogP contribution in [0, 0.1) is 5.82 Å². The number of carbonyl (C=O) groups excluding carboxylic acids is 1. The van der Waals surface area contributed by atoms with E-state index in [2.05, 4.69) is 0 Å². The lowest BCUT2D eigenvalue weighted by atomic mass is 9.97. The third kappa shape index (κ3) is 2.59. The van der Waals surface area contributed by atoms with Gasteiger partial charge in [0.15, 0.2) is 0 Å². The lowest BCUT2D eigenvalue weighted by Crippen LogP contribution is -2.43. The Bertz CT molecular complexity index is 583. The lowest BCUT2D eigenvalue weighted by Gasteiger charge is -2.29. The van der Waals surface area contributed by atoms with E-state index >= 15 is 0 Å². The monoisotopic (exact) mass is 291 g/mol. The van der Waals surface area contributed by atoms with Gasteiger partial charge < -0.3 is 10.0 Å². The molecule has 20 heavy (non-hydrogen) atoms. The Morgan fingerprint density at radius 3 is 2.40 bits per heavy atom. The molecule has 1 aromatic rings. The second-order valence-electron chi connectivity index (χ2n) is 4.38. The Kier molecular flexibility index (Phi) is 3.41. The molecule has 1 aliphatic heterocycles. The molecule has 1 aliphatic rings. The van der Waals surface area contributed by atoms with Crippen molar-refractivity contribution in [1.82, 2.24) is 4.90 Å². The van der Waals surface area contributed by atoms with Crippen LogP contribution in [0.1, 0.15) is 21.5 Å². The molecule has 0 aliphatic carbocycles. The number of fused-ring (bicyclic) bond motifs is 1. The summed E-state index contributed by atoms with van der Waals surface area (Å²) in [6.45, 7) is -0.564.